The van der Waals surface area contributed by atoms with Gasteiger partial charge in [-0.2, -0.15) is 5.26 Å². The van der Waals surface area contributed by atoms with Gasteiger partial charge in [-0.3, -0.25) is 4.79 Å². The number of nitrogens with two attached hydrogens (primary N) is 1. The summed E-state index contributed by atoms with van der Waals surface area (Å²) in [6.45, 7) is 1.90. The summed E-state index contributed by atoms with van der Waals surface area (Å²) in [7, 11) is 0. The molecule has 3 rings (SSSR count). The quantitative estimate of drug-likeness (QED) is 0.842. The lowest BCUT2D eigenvalue weighted by Gasteiger charge is -2.06. The van der Waals surface area contributed by atoms with Crippen LogP contribution in [0.2, 0.25) is 0 Å². The molecule has 1 aliphatic rings. The van der Waals surface area contributed by atoms with E-state index in [1.54, 1.807) is 24.4 Å². The molecule has 1 amide bonds. The summed E-state index contributed by atoms with van der Waals surface area (Å²) in [5.41, 5.74) is 8.02. The van der Waals surface area contributed by atoms with Crippen molar-refractivity contribution in [3.05, 3.63) is 47.5 Å². The monoisotopic (exact) mass is 293 g/mol. The first kappa shape index (κ1) is 14.0. The molecule has 1 aromatic heterocycles. The molecule has 0 radical (unpaired) electrons. The van der Waals surface area contributed by atoms with Crippen molar-refractivity contribution < 1.29 is 4.79 Å². The van der Waals surface area contributed by atoms with Gasteiger partial charge < -0.3 is 11.1 Å². The van der Waals surface area contributed by atoms with Crippen LogP contribution in [0.15, 0.2) is 30.5 Å². The number of carbonyl (C=O) groups is 1. The van der Waals surface area contributed by atoms with Crippen LogP contribution in [0.1, 0.15) is 29.4 Å². The number of nitrogens with zero attached hydrogens (tertiary/aromatic N) is 3. The third-order valence-electron chi connectivity index (χ3n) is 3.62. The average molecular weight is 293 g/mol. The smallest absolute Gasteiger partial charge is 0.228 e. The number of nitriles is 1. The van der Waals surface area contributed by atoms with E-state index in [-0.39, 0.29) is 17.7 Å². The highest BCUT2D eigenvalue weighted by Crippen LogP contribution is 2.46. The van der Waals surface area contributed by atoms with E-state index in [2.05, 4.69) is 15.3 Å². The Morgan fingerprint density at radius 3 is 3.00 bits per heavy atom. The number of benzene rings is 1. The molecule has 2 aromatic rings. The maximum Gasteiger partial charge on any atom is 0.228 e. The first-order valence-electron chi connectivity index (χ1n) is 6.98. The van der Waals surface area contributed by atoms with Crippen molar-refractivity contribution in [1.29, 1.82) is 5.26 Å². The molecule has 2 atom stereocenters. The van der Waals surface area contributed by atoms with Crippen molar-refractivity contribution in [2.45, 2.75) is 19.3 Å². The van der Waals surface area contributed by atoms with Gasteiger partial charge in [-0.1, -0.05) is 0 Å². The van der Waals surface area contributed by atoms with Gasteiger partial charge in [0.1, 0.15) is 5.82 Å². The molecular formula is C16H15N5O. The maximum atomic E-state index is 12.3. The normalized spacial score (nSPS) is 19.3. The summed E-state index contributed by atoms with van der Waals surface area (Å²) in [5.74, 6) is 0.556. The van der Waals surface area contributed by atoms with Crippen molar-refractivity contribution >= 4 is 17.3 Å². The van der Waals surface area contributed by atoms with Crippen LogP contribution in [0.3, 0.4) is 0 Å². The lowest BCUT2D eigenvalue weighted by molar-refractivity contribution is -0.117. The summed E-state index contributed by atoms with van der Waals surface area (Å²) >= 11 is 0. The molecule has 1 aromatic carbocycles. The summed E-state index contributed by atoms with van der Waals surface area (Å²) in [5, 5.41) is 11.7. The number of nitrogen functional groups attached to an aromatic ring is 1. The minimum atomic E-state index is -0.131. The van der Waals surface area contributed by atoms with Gasteiger partial charge in [0.15, 0.2) is 0 Å². The van der Waals surface area contributed by atoms with Gasteiger partial charge in [-0.25, -0.2) is 9.97 Å². The standard InChI is InChI=1S/C16H15N5O/c1-9-2-3-19-15(20-9)13-7-14(13)16(22)21-12-5-10(8-17)4-11(18)6-12/h2-6,13-14H,7,18H2,1H3,(H,21,22). The molecule has 1 fully saturated rings. The molecule has 1 heterocycles. The highest BCUT2D eigenvalue weighted by molar-refractivity contribution is 5.95. The number of nitrogens with one attached hydrogen (secondary N) is 1. The number of aromatic nitrogens is 2. The lowest BCUT2D eigenvalue weighted by atomic mass is 10.2. The predicted octanol–water partition coefficient (Wildman–Crippen LogP) is 1.98. The van der Waals surface area contributed by atoms with E-state index in [1.165, 1.54) is 0 Å². The molecule has 0 aliphatic heterocycles. The van der Waals surface area contributed by atoms with Crippen LogP contribution >= 0.6 is 0 Å². The second-order valence-corrected chi connectivity index (χ2v) is 5.45. The van der Waals surface area contributed by atoms with E-state index in [0.29, 0.717) is 22.8 Å². The van der Waals surface area contributed by atoms with Gasteiger partial charge in [-0.15, -0.1) is 0 Å². The molecule has 2 unspecified atom stereocenters. The third kappa shape index (κ3) is 2.88. The topological polar surface area (TPSA) is 105 Å². The Morgan fingerprint density at radius 1 is 1.45 bits per heavy atom. The molecular weight excluding hydrogens is 278 g/mol. The summed E-state index contributed by atoms with van der Waals surface area (Å²) < 4.78 is 0. The largest absolute Gasteiger partial charge is 0.399 e. The van der Waals surface area contributed by atoms with Gasteiger partial charge in [0, 0.05) is 35.1 Å². The first-order valence-corrected chi connectivity index (χ1v) is 6.98. The molecule has 1 aliphatic carbocycles. The van der Waals surface area contributed by atoms with Crippen LogP contribution in [0.25, 0.3) is 0 Å². The number of aryl methyl sites for hydroxylation is 1. The highest BCUT2D eigenvalue weighted by atomic mass is 16.2. The fourth-order valence-electron chi connectivity index (χ4n) is 2.44. The van der Waals surface area contributed by atoms with Gasteiger partial charge in [0.25, 0.3) is 0 Å². The number of hydrogen-bond donors (Lipinski definition) is 2. The van der Waals surface area contributed by atoms with Crippen LogP contribution < -0.4 is 11.1 Å². The number of amides is 1. The SMILES string of the molecule is Cc1ccnc(C2CC2C(=O)Nc2cc(N)cc(C#N)c2)n1. The van der Waals surface area contributed by atoms with Crippen LogP contribution in [0, 0.1) is 24.2 Å². The lowest BCUT2D eigenvalue weighted by Crippen LogP contribution is -2.15. The third-order valence-corrected chi connectivity index (χ3v) is 3.62. The van der Waals surface area contributed by atoms with Crippen LogP contribution in [0.5, 0.6) is 0 Å². The molecule has 3 N–H and O–H groups in total. The zero-order chi connectivity index (χ0) is 15.7. The van der Waals surface area contributed by atoms with E-state index < -0.39 is 0 Å². The fraction of sp³-hybridized carbons (Fsp3) is 0.250. The molecule has 22 heavy (non-hydrogen) atoms. The molecule has 110 valence electrons. The van der Waals surface area contributed by atoms with Crippen molar-refractivity contribution in [2.24, 2.45) is 5.92 Å². The summed E-state index contributed by atoms with van der Waals surface area (Å²) in [4.78, 5) is 20.9. The highest BCUT2D eigenvalue weighted by Gasteiger charge is 2.46. The summed E-state index contributed by atoms with van der Waals surface area (Å²) in [6.07, 6.45) is 2.45. The van der Waals surface area contributed by atoms with Crippen molar-refractivity contribution in [3.63, 3.8) is 0 Å². The molecule has 0 bridgehead atoms. The maximum absolute atomic E-state index is 12.3. The number of hydrogen-bond acceptors (Lipinski definition) is 5. The zero-order valence-corrected chi connectivity index (χ0v) is 12.1. The number of carbonyl (C=O) groups excluding carboxylic acids is 1. The number of anilines is 2. The Labute approximate surface area is 128 Å². The Morgan fingerprint density at radius 2 is 2.27 bits per heavy atom. The molecule has 6 heteroatoms. The van der Waals surface area contributed by atoms with Gasteiger partial charge in [0.05, 0.1) is 11.6 Å². The Hall–Kier alpha value is -2.94. The second-order valence-electron chi connectivity index (χ2n) is 5.45. The summed E-state index contributed by atoms with van der Waals surface area (Å²) in [6, 6.07) is 8.66. The molecule has 1 saturated carbocycles. The van der Waals surface area contributed by atoms with Crippen molar-refractivity contribution in [3.8, 4) is 6.07 Å². The fourth-order valence-corrected chi connectivity index (χ4v) is 2.44. The predicted molar refractivity (Wildman–Crippen MR) is 81.8 cm³/mol. The van der Waals surface area contributed by atoms with E-state index in [1.807, 2.05) is 19.1 Å². The van der Waals surface area contributed by atoms with E-state index in [0.717, 1.165) is 12.1 Å². The van der Waals surface area contributed by atoms with Crippen LogP contribution in [-0.2, 0) is 4.79 Å². The minimum absolute atomic E-state index is 0.0661. The van der Waals surface area contributed by atoms with E-state index in [4.69, 9.17) is 11.0 Å². The minimum Gasteiger partial charge on any atom is -0.399 e. The average Bonchev–Trinajstić information content (AvgIpc) is 3.27. The Kier molecular flexibility index (Phi) is 3.47. The van der Waals surface area contributed by atoms with Crippen molar-refractivity contribution in [2.75, 3.05) is 11.1 Å². The van der Waals surface area contributed by atoms with Gasteiger partial charge >= 0.3 is 0 Å². The van der Waals surface area contributed by atoms with E-state index >= 15 is 0 Å². The Bertz CT molecular complexity index is 780. The van der Waals surface area contributed by atoms with Crippen LogP contribution in [0.4, 0.5) is 11.4 Å². The van der Waals surface area contributed by atoms with E-state index in [9.17, 15) is 4.79 Å². The number of rotatable bonds is 3. The van der Waals surface area contributed by atoms with Gasteiger partial charge in [0.2, 0.25) is 5.91 Å². The van der Waals surface area contributed by atoms with Crippen LogP contribution in [-0.4, -0.2) is 15.9 Å². The molecule has 0 spiro atoms. The molecule has 6 nitrogen and oxygen atoms in total. The van der Waals surface area contributed by atoms with Gasteiger partial charge in [-0.05, 0) is 37.6 Å². The zero-order valence-electron chi connectivity index (χ0n) is 12.1. The van der Waals surface area contributed by atoms with Crippen molar-refractivity contribution in [1.82, 2.24) is 9.97 Å². The molecule has 0 saturated heterocycles. The Balaban J connectivity index is 1.69. The first-order chi connectivity index (χ1) is 10.6. The second kappa shape index (κ2) is 5.45.